The van der Waals surface area contributed by atoms with E-state index in [0.717, 1.165) is 0 Å². The lowest BCUT2D eigenvalue weighted by Crippen LogP contribution is -2.08. The molecule has 0 aliphatic rings. The fourth-order valence-electron chi connectivity index (χ4n) is 2.61. The highest BCUT2D eigenvalue weighted by molar-refractivity contribution is 5.87. The van der Waals surface area contributed by atoms with Crippen LogP contribution in [0.5, 0.6) is 5.75 Å². The quantitative estimate of drug-likeness (QED) is 0.711. The van der Waals surface area contributed by atoms with E-state index in [-0.39, 0.29) is 24.6 Å². The molecule has 0 aliphatic heterocycles. The lowest BCUT2D eigenvalue weighted by molar-refractivity contribution is -0.142. The van der Waals surface area contributed by atoms with Gasteiger partial charge in [0, 0.05) is 11.1 Å². The number of aromatic nitrogens is 1. The highest BCUT2D eigenvalue weighted by Crippen LogP contribution is 2.39. The molecule has 0 unspecified atom stereocenters. The minimum Gasteiger partial charge on any atom is -0.507 e. The Bertz CT molecular complexity index is 887. The van der Waals surface area contributed by atoms with Crippen LogP contribution in [0.25, 0.3) is 22.5 Å². The van der Waals surface area contributed by atoms with Crippen LogP contribution >= 0.6 is 0 Å². The van der Waals surface area contributed by atoms with Gasteiger partial charge in [0.2, 0.25) is 0 Å². The molecule has 0 spiro atoms. The van der Waals surface area contributed by atoms with Crippen molar-refractivity contribution in [2.45, 2.75) is 13.3 Å². The predicted molar refractivity (Wildman–Crippen MR) is 89.3 cm³/mol. The van der Waals surface area contributed by atoms with Crippen molar-refractivity contribution in [3.63, 3.8) is 0 Å². The molecule has 1 N–H and O–H groups in total. The van der Waals surface area contributed by atoms with E-state index >= 15 is 0 Å². The maximum atomic E-state index is 13.2. The Morgan fingerprint density at radius 1 is 1.24 bits per heavy atom. The van der Waals surface area contributed by atoms with Crippen molar-refractivity contribution in [1.29, 1.82) is 0 Å². The van der Waals surface area contributed by atoms with Gasteiger partial charge in [-0.05, 0) is 30.7 Å². The molecule has 0 atom stereocenters. The molecule has 0 bridgehead atoms. The summed E-state index contributed by atoms with van der Waals surface area (Å²) in [5, 5.41) is 10.3. The largest absolute Gasteiger partial charge is 0.507 e. The number of halogens is 1. The van der Waals surface area contributed by atoms with E-state index < -0.39 is 5.97 Å². The van der Waals surface area contributed by atoms with E-state index in [0.29, 0.717) is 28.1 Å². The molecule has 0 amide bonds. The van der Waals surface area contributed by atoms with Crippen LogP contribution in [-0.4, -0.2) is 22.7 Å². The second-order valence-electron chi connectivity index (χ2n) is 5.32. The van der Waals surface area contributed by atoms with Crippen LogP contribution in [0.4, 0.5) is 4.39 Å². The molecule has 5 nitrogen and oxygen atoms in total. The first-order valence-corrected chi connectivity index (χ1v) is 7.76. The van der Waals surface area contributed by atoms with Gasteiger partial charge in [-0.25, -0.2) is 9.37 Å². The zero-order valence-corrected chi connectivity index (χ0v) is 13.5. The summed E-state index contributed by atoms with van der Waals surface area (Å²) < 4.78 is 23.6. The average Bonchev–Trinajstić information content (AvgIpc) is 3.04. The number of hydrogen-bond acceptors (Lipinski definition) is 5. The molecule has 1 aromatic heterocycles. The number of esters is 1. The maximum Gasteiger partial charge on any atom is 0.312 e. The van der Waals surface area contributed by atoms with E-state index in [4.69, 9.17) is 9.15 Å². The van der Waals surface area contributed by atoms with Gasteiger partial charge in [-0.15, -0.1) is 0 Å². The number of nitrogens with zero attached hydrogens (tertiary/aromatic N) is 1. The Balaban J connectivity index is 2.07. The number of hydrogen-bond donors (Lipinski definition) is 1. The van der Waals surface area contributed by atoms with Crippen molar-refractivity contribution in [2.24, 2.45) is 0 Å². The van der Waals surface area contributed by atoms with Crippen LogP contribution in [0.3, 0.4) is 0 Å². The molecule has 3 rings (SSSR count). The van der Waals surface area contributed by atoms with Gasteiger partial charge in [0.05, 0.1) is 18.7 Å². The summed E-state index contributed by atoms with van der Waals surface area (Å²) in [6.07, 6.45) is 1.20. The molecule has 6 heteroatoms. The van der Waals surface area contributed by atoms with Gasteiger partial charge in [0.1, 0.15) is 11.6 Å². The fourth-order valence-corrected chi connectivity index (χ4v) is 2.61. The van der Waals surface area contributed by atoms with Gasteiger partial charge < -0.3 is 14.3 Å². The summed E-state index contributed by atoms with van der Waals surface area (Å²) >= 11 is 0. The summed E-state index contributed by atoms with van der Waals surface area (Å²) in [5.41, 5.74) is 2.06. The fraction of sp³-hybridized carbons (Fsp3) is 0.158. The van der Waals surface area contributed by atoms with Gasteiger partial charge in [0.15, 0.2) is 12.2 Å². The zero-order valence-electron chi connectivity index (χ0n) is 13.5. The Labute approximate surface area is 143 Å². The Morgan fingerprint density at radius 3 is 2.72 bits per heavy atom. The van der Waals surface area contributed by atoms with Crippen molar-refractivity contribution in [1.82, 2.24) is 4.98 Å². The van der Waals surface area contributed by atoms with Crippen LogP contribution in [0.15, 0.2) is 53.3 Å². The molecule has 0 aliphatic carbocycles. The van der Waals surface area contributed by atoms with Gasteiger partial charge >= 0.3 is 5.97 Å². The van der Waals surface area contributed by atoms with Gasteiger partial charge in [-0.1, -0.05) is 24.3 Å². The number of ether oxygens (including phenoxy) is 1. The van der Waals surface area contributed by atoms with E-state index in [1.807, 2.05) is 0 Å². The standard InChI is InChI=1S/C19H16FNO4/c1-2-24-17(23)10-15-19(25-11-21-15)14-4-3-5-16(22)18(14)12-6-8-13(20)9-7-12/h3-9,11,22H,2,10H2,1H3. The van der Waals surface area contributed by atoms with E-state index in [2.05, 4.69) is 4.98 Å². The molecule has 1 heterocycles. The smallest absolute Gasteiger partial charge is 0.312 e. The molecule has 0 saturated carbocycles. The molecule has 25 heavy (non-hydrogen) atoms. The summed E-state index contributed by atoms with van der Waals surface area (Å²) in [5.74, 6) is -0.407. The maximum absolute atomic E-state index is 13.2. The van der Waals surface area contributed by atoms with Gasteiger partial charge in [-0.2, -0.15) is 0 Å². The molecular weight excluding hydrogens is 325 g/mol. The number of oxazole rings is 1. The molecule has 0 fully saturated rings. The molecular formula is C19H16FNO4. The predicted octanol–water partition coefficient (Wildman–Crippen LogP) is 3.96. The van der Waals surface area contributed by atoms with Gasteiger partial charge in [-0.3, -0.25) is 4.79 Å². The third-order valence-electron chi connectivity index (χ3n) is 3.68. The Kier molecular flexibility index (Phi) is 4.79. The van der Waals surface area contributed by atoms with Crippen molar-refractivity contribution in [3.05, 3.63) is 60.4 Å². The third-order valence-corrected chi connectivity index (χ3v) is 3.68. The first kappa shape index (κ1) is 16.7. The second-order valence-corrected chi connectivity index (χ2v) is 5.32. The Morgan fingerprint density at radius 2 is 2.00 bits per heavy atom. The van der Waals surface area contributed by atoms with Crippen LogP contribution in [-0.2, 0) is 16.0 Å². The van der Waals surface area contributed by atoms with Crippen LogP contribution in [0, 0.1) is 5.82 Å². The number of phenolic OH excluding ortho intramolecular Hbond substituents is 1. The SMILES string of the molecule is CCOC(=O)Cc1ncoc1-c1cccc(O)c1-c1ccc(F)cc1. The second kappa shape index (κ2) is 7.17. The monoisotopic (exact) mass is 341 g/mol. The third kappa shape index (κ3) is 3.52. The number of aromatic hydroxyl groups is 1. The van der Waals surface area contributed by atoms with Gasteiger partial charge in [0.25, 0.3) is 0 Å². The summed E-state index contributed by atoms with van der Waals surface area (Å²) in [6.45, 7) is 2.00. The lowest BCUT2D eigenvalue weighted by atomic mass is 9.96. The Hall–Kier alpha value is -3.15. The number of carbonyl (C=O) groups is 1. The number of benzene rings is 2. The molecule has 3 aromatic rings. The zero-order chi connectivity index (χ0) is 17.8. The van der Waals surface area contributed by atoms with Crippen molar-refractivity contribution in [2.75, 3.05) is 6.61 Å². The number of phenols is 1. The normalized spacial score (nSPS) is 10.6. The van der Waals surface area contributed by atoms with Crippen LogP contribution < -0.4 is 0 Å². The highest BCUT2D eigenvalue weighted by Gasteiger charge is 2.20. The number of carbonyl (C=O) groups excluding carboxylic acids is 1. The van der Waals surface area contributed by atoms with Crippen molar-refractivity contribution in [3.8, 4) is 28.2 Å². The lowest BCUT2D eigenvalue weighted by Gasteiger charge is -2.11. The van der Waals surface area contributed by atoms with E-state index in [1.165, 1.54) is 24.6 Å². The topological polar surface area (TPSA) is 72.6 Å². The summed E-state index contributed by atoms with van der Waals surface area (Å²) in [4.78, 5) is 15.8. The van der Waals surface area contributed by atoms with Crippen molar-refractivity contribution < 1.29 is 23.4 Å². The van der Waals surface area contributed by atoms with Crippen molar-refractivity contribution >= 4 is 5.97 Å². The first-order chi connectivity index (χ1) is 12.1. The van der Waals surface area contributed by atoms with E-state index in [9.17, 15) is 14.3 Å². The van der Waals surface area contributed by atoms with E-state index in [1.54, 1.807) is 31.2 Å². The van der Waals surface area contributed by atoms with Crippen LogP contribution in [0.2, 0.25) is 0 Å². The number of rotatable bonds is 5. The highest BCUT2D eigenvalue weighted by atomic mass is 19.1. The summed E-state index contributed by atoms with van der Waals surface area (Å²) in [6, 6.07) is 10.7. The molecule has 128 valence electrons. The van der Waals surface area contributed by atoms with Crippen LogP contribution in [0.1, 0.15) is 12.6 Å². The first-order valence-electron chi connectivity index (χ1n) is 7.76. The minimum atomic E-state index is -0.416. The molecule has 0 radical (unpaired) electrons. The summed E-state index contributed by atoms with van der Waals surface area (Å²) in [7, 11) is 0. The minimum absolute atomic E-state index is 0.0163. The molecule has 2 aromatic carbocycles. The molecule has 0 saturated heterocycles. The average molecular weight is 341 g/mol.